The molecule has 4 aromatic rings. The number of aryl methyl sites for hydroxylation is 1. The highest BCUT2D eigenvalue weighted by Crippen LogP contribution is 2.42. The van der Waals surface area contributed by atoms with Crippen LogP contribution in [0.1, 0.15) is 33.5 Å². The first kappa shape index (κ1) is 19.2. The summed E-state index contributed by atoms with van der Waals surface area (Å²) in [6.07, 6.45) is 0. The Bertz CT molecular complexity index is 1410. The summed E-state index contributed by atoms with van der Waals surface area (Å²) in [6.45, 7) is 1.71. The van der Waals surface area contributed by atoms with Crippen molar-refractivity contribution in [3.63, 3.8) is 0 Å². The van der Waals surface area contributed by atoms with Crippen molar-refractivity contribution in [2.24, 2.45) is 0 Å². The lowest BCUT2D eigenvalue weighted by Crippen LogP contribution is -2.29. The van der Waals surface area contributed by atoms with E-state index in [1.807, 2.05) is 0 Å². The highest BCUT2D eigenvalue weighted by Gasteiger charge is 2.45. The maximum absolute atomic E-state index is 13.4. The lowest BCUT2D eigenvalue weighted by molar-refractivity contribution is 0.0969. The molecule has 0 saturated carbocycles. The number of hydrogen-bond acceptors (Lipinski definition) is 5. The number of benzene rings is 2. The van der Waals surface area contributed by atoms with Crippen LogP contribution in [0.25, 0.3) is 11.0 Å². The summed E-state index contributed by atoms with van der Waals surface area (Å²) in [5.74, 6) is 0.189. The maximum atomic E-state index is 13.4. The van der Waals surface area contributed by atoms with Gasteiger partial charge in [-0.05, 0) is 42.8 Å². The minimum atomic E-state index is -0.827. The van der Waals surface area contributed by atoms with Crippen LogP contribution in [0.5, 0.6) is 0 Å². The van der Waals surface area contributed by atoms with Crippen LogP contribution in [0, 0.1) is 6.92 Å². The van der Waals surface area contributed by atoms with Crippen molar-refractivity contribution in [1.82, 2.24) is 5.16 Å². The molecule has 0 N–H and O–H groups in total. The Labute approximate surface area is 184 Å². The first-order valence-electron chi connectivity index (χ1n) is 8.83. The molecule has 0 aliphatic carbocycles. The molecule has 9 heteroatoms. The molecular weight excluding hydrogens is 451 g/mol. The lowest BCUT2D eigenvalue weighted by atomic mass is 9.98. The Hall–Kier alpha value is -2.80. The first-order valence-corrected chi connectivity index (χ1v) is 9.96. The maximum Gasteiger partial charge on any atom is 0.296 e. The molecule has 2 aromatic heterocycles. The molecule has 150 valence electrons. The number of amides is 1. The van der Waals surface area contributed by atoms with Crippen molar-refractivity contribution in [3.8, 4) is 0 Å². The van der Waals surface area contributed by atoms with Gasteiger partial charge in [-0.2, -0.15) is 0 Å². The number of carbonyl (C=O) groups is 1. The van der Waals surface area contributed by atoms with Gasteiger partial charge in [-0.25, -0.2) is 0 Å². The zero-order valence-corrected chi connectivity index (χ0v) is 17.5. The monoisotopic (exact) mass is 460 g/mol. The van der Waals surface area contributed by atoms with Gasteiger partial charge in [0, 0.05) is 11.1 Å². The SMILES string of the molecule is Cc1cc(N2C(=O)c3oc4ccc(Cl)cc4c(=O)c3C2c2ccc(Cl)c(Cl)c2)no1. The van der Waals surface area contributed by atoms with E-state index < -0.39 is 11.9 Å². The number of halogens is 3. The van der Waals surface area contributed by atoms with E-state index in [2.05, 4.69) is 5.16 Å². The van der Waals surface area contributed by atoms with Gasteiger partial charge in [-0.1, -0.05) is 46.0 Å². The van der Waals surface area contributed by atoms with Gasteiger partial charge >= 0.3 is 0 Å². The summed E-state index contributed by atoms with van der Waals surface area (Å²) >= 11 is 18.4. The minimum absolute atomic E-state index is 0.0634. The molecule has 30 heavy (non-hydrogen) atoms. The molecule has 5 rings (SSSR count). The molecule has 2 aromatic carbocycles. The zero-order valence-electron chi connectivity index (χ0n) is 15.3. The minimum Gasteiger partial charge on any atom is -0.450 e. The highest BCUT2D eigenvalue weighted by atomic mass is 35.5. The van der Waals surface area contributed by atoms with Gasteiger partial charge in [0.2, 0.25) is 5.76 Å². The second-order valence-corrected chi connectivity index (χ2v) is 8.11. The third-order valence-electron chi connectivity index (χ3n) is 4.95. The van der Waals surface area contributed by atoms with Crippen LogP contribution in [0.4, 0.5) is 5.82 Å². The highest BCUT2D eigenvalue weighted by molar-refractivity contribution is 6.42. The van der Waals surface area contributed by atoms with Crippen LogP contribution >= 0.6 is 34.8 Å². The fraction of sp³-hybridized carbons (Fsp3) is 0.0952. The van der Waals surface area contributed by atoms with Crippen LogP contribution < -0.4 is 10.3 Å². The van der Waals surface area contributed by atoms with E-state index in [-0.39, 0.29) is 33.5 Å². The number of nitrogens with zero attached hydrogens (tertiary/aromatic N) is 2. The second kappa shape index (κ2) is 6.87. The first-order chi connectivity index (χ1) is 14.3. The van der Waals surface area contributed by atoms with Crippen molar-refractivity contribution < 1.29 is 13.7 Å². The van der Waals surface area contributed by atoms with Crippen molar-refractivity contribution in [1.29, 1.82) is 0 Å². The molecular formula is C21H11Cl3N2O4. The predicted octanol–water partition coefficient (Wildman–Crippen LogP) is 5.80. The number of rotatable bonds is 2. The van der Waals surface area contributed by atoms with Gasteiger partial charge < -0.3 is 8.94 Å². The number of fused-ring (bicyclic) bond motifs is 2. The topological polar surface area (TPSA) is 76.6 Å². The van der Waals surface area contributed by atoms with Gasteiger partial charge in [-0.15, -0.1) is 0 Å². The summed E-state index contributed by atoms with van der Waals surface area (Å²) < 4.78 is 11.0. The summed E-state index contributed by atoms with van der Waals surface area (Å²) in [4.78, 5) is 28.1. The smallest absolute Gasteiger partial charge is 0.296 e. The number of aromatic nitrogens is 1. The van der Waals surface area contributed by atoms with E-state index in [9.17, 15) is 9.59 Å². The van der Waals surface area contributed by atoms with Gasteiger partial charge in [0.25, 0.3) is 5.91 Å². The Morgan fingerprint density at radius 3 is 2.50 bits per heavy atom. The molecule has 1 unspecified atom stereocenters. The molecule has 0 fully saturated rings. The van der Waals surface area contributed by atoms with Gasteiger partial charge in [0.1, 0.15) is 11.3 Å². The van der Waals surface area contributed by atoms with Crippen LogP contribution in [-0.4, -0.2) is 11.1 Å². The standard InChI is InChI=1S/C21H11Cl3N2O4/c1-9-6-16(25-30-9)26-18(10-2-4-13(23)14(24)7-10)17-19(27)12-8-11(22)3-5-15(12)29-20(17)21(26)28/h2-8,18H,1H3. The summed E-state index contributed by atoms with van der Waals surface area (Å²) in [6, 6.07) is 10.4. The molecule has 0 saturated heterocycles. The van der Waals surface area contributed by atoms with E-state index in [4.69, 9.17) is 43.7 Å². The Morgan fingerprint density at radius 2 is 1.80 bits per heavy atom. The van der Waals surface area contributed by atoms with Crippen LogP contribution in [0.3, 0.4) is 0 Å². The largest absolute Gasteiger partial charge is 0.450 e. The summed E-state index contributed by atoms with van der Waals surface area (Å²) in [7, 11) is 0. The van der Waals surface area contributed by atoms with E-state index in [0.717, 1.165) is 0 Å². The zero-order chi connectivity index (χ0) is 21.2. The van der Waals surface area contributed by atoms with Crippen molar-refractivity contribution in [2.45, 2.75) is 13.0 Å². The Morgan fingerprint density at radius 1 is 1.00 bits per heavy atom. The summed E-state index contributed by atoms with van der Waals surface area (Å²) in [5, 5.41) is 5.27. The van der Waals surface area contributed by atoms with Crippen molar-refractivity contribution in [2.75, 3.05) is 4.90 Å². The molecule has 0 spiro atoms. The van der Waals surface area contributed by atoms with Gasteiger partial charge in [0.15, 0.2) is 11.2 Å². The number of hydrogen-bond donors (Lipinski definition) is 0. The average molecular weight is 462 g/mol. The molecule has 1 aliphatic rings. The summed E-state index contributed by atoms with van der Waals surface area (Å²) in [5.41, 5.74) is 0.656. The molecule has 3 heterocycles. The Kier molecular flexibility index (Phi) is 4.39. The molecule has 1 aliphatic heterocycles. The number of carbonyl (C=O) groups excluding carboxylic acids is 1. The second-order valence-electron chi connectivity index (χ2n) is 6.86. The molecule has 0 bridgehead atoms. The van der Waals surface area contributed by atoms with E-state index in [1.165, 1.54) is 11.0 Å². The third kappa shape index (κ3) is 2.83. The van der Waals surface area contributed by atoms with Gasteiger partial charge in [0.05, 0.1) is 27.0 Å². The normalized spacial score (nSPS) is 15.8. The predicted molar refractivity (Wildman–Crippen MR) is 114 cm³/mol. The van der Waals surface area contributed by atoms with Crippen molar-refractivity contribution >= 4 is 57.5 Å². The molecule has 1 atom stereocenters. The van der Waals surface area contributed by atoms with E-state index in [0.29, 0.717) is 26.4 Å². The Balaban J connectivity index is 1.84. The fourth-order valence-electron chi connectivity index (χ4n) is 3.65. The average Bonchev–Trinajstić information content (AvgIpc) is 3.26. The van der Waals surface area contributed by atoms with E-state index in [1.54, 1.807) is 43.3 Å². The molecule has 6 nitrogen and oxygen atoms in total. The van der Waals surface area contributed by atoms with Crippen LogP contribution in [0.15, 0.2) is 56.2 Å². The lowest BCUT2D eigenvalue weighted by Gasteiger charge is -2.22. The number of anilines is 1. The van der Waals surface area contributed by atoms with Crippen molar-refractivity contribution in [3.05, 3.63) is 90.4 Å². The van der Waals surface area contributed by atoms with Crippen LogP contribution in [0.2, 0.25) is 15.1 Å². The van der Waals surface area contributed by atoms with E-state index >= 15 is 0 Å². The molecule has 0 radical (unpaired) electrons. The van der Waals surface area contributed by atoms with Gasteiger partial charge in [-0.3, -0.25) is 14.5 Å². The quantitative estimate of drug-likeness (QED) is 0.377. The third-order valence-corrected chi connectivity index (χ3v) is 5.93. The van der Waals surface area contributed by atoms with Crippen LogP contribution in [-0.2, 0) is 0 Å². The fourth-order valence-corrected chi connectivity index (χ4v) is 4.12. The molecule has 1 amide bonds.